The highest BCUT2D eigenvalue weighted by Crippen LogP contribution is 2.15. The average molecular weight is 343 g/mol. The lowest BCUT2D eigenvalue weighted by atomic mass is 10.2. The second kappa shape index (κ2) is 7.60. The van der Waals surface area contributed by atoms with E-state index in [-0.39, 0.29) is 17.4 Å². The Bertz CT molecular complexity index is 701. The second-order valence-corrected chi connectivity index (χ2v) is 7.24. The fourth-order valence-corrected chi connectivity index (χ4v) is 3.72. The van der Waals surface area contributed by atoms with Gasteiger partial charge >= 0.3 is 0 Å². The Morgan fingerprint density at radius 3 is 2.68 bits per heavy atom. The molecule has 0 fully saturated rings. The summed E-state index contributed by atoms with van der Waals surface area (Å²) in [6, 6.07) is 5.32. The van der Waals surface area contributed by atoms with Gasteiger partial charge in [-0.1, -0.05) is 6.07 Å². The minimum absolute atomic E-state index is 0.0165. The van der Waals surface area contributed by atoms with Crippen LogP contribution in [0.4, 0.5) is 8.78 Å². The van der Waals surface area contributed by atoms with Crippen molar-refractivity contribution in [3.8, 4) is 0 Å². The fraction of sp³-hybridized carbons (Fsp3) is 0.267. The van der Waals surface area contributed by atoms with E-state index in [1.54, 1.807) is 11.3 Å². The predicted octanol–water partition coefficient (Wildman–Crippen LogP) is 2.90. The summed E-state index contributed by atoms with van der Waals surface area (Å²) in [7, 11) is -1.47. The maximum Gasteiger partial charge on any atom is 0.232 e. The molecule has 22 heavy (non-hydrogen) atoms. The lowest BCUT2D eigenvalue weighted by molar-refractivity contribution is -0.118. The van der Waals surface area contributed by atoms with Crippen LogP contribution in [-0.2, 0) is 27.9 Å². The van der Waals surface area contributed by atoms with Crippen molar-refractivity contribution in [2.45, 2.75) is 19.2 Å². The number of nitrogens with one attached hydrogen (secondary N) is 1. The molecule has 2 aromatic rings. The first-order valence-electron chi connectivity index (χ1n) is 6.54. The zero-order valence-corrected chi connectivity index (χ0v) is 13.5. The largest absolute Gasteiger partial charge is 0.350 e. The van der Waals surface area contributed by atoms with Gasteiger partial charge in [0.05, 0.1) is 6.54 Å². The Hall–Kier alpha value is -1.60. The molecule has 0 aliphatic rings. The van der Waals surface area contributed by atoms with Crippen LogP contribution in [-0.4, -0.2) is 15.9 Å². The first-order valence-corrected chi connectivity index (χ1v) is 8.91. The Morgan fingerprint density at radius 2 is 2.05 bits per heavy atom. The number of halogens is 2. The number of benzene rings is 1. The molecule has 118 valence electrons. The summed E-state index contributed by atoms with van der Waals surface area (Å²) >= 11 is 1.55. The number of hydrogen-bond acceptors (Lipinski definition) is 3. The van der Waals surface area contributed by atoms with E-state index in [1.807, 2.05) is 18.4 Å². The molecule has 1 atom stereocenters. The number of amides is 1. The van der Waals surface area contributed by atoms with Crippen LogP contribution in [0.3, 0.4) is 0 Å². The van der Waals surface area contributed by atoms with Gasteiger partial charge in [-0.15, -0.1) is 11.3 Å². The van der Waals surface area contributed by atoms with Crippen LogP contribution in [0.25, 0.3) is 0 Å². The topological polar surface area (TPSA) is 46.2 Å². The Kier molecular flexibility index (Phi) is 5.79. The Balaban J connectivity index is 1.82. The van der Waals surface area contributed by atoms with E-state index in [2.05, 4.69) is 5.32 Å². The molecule has 0 spiro atoms. The smallest absolute Gasteiger partial charge is 0.232 e. The van der Waals surface area contributed by atoms with Crippen molar-refractivity contribution in [1.29, 1.82) is 0 Å². The highest BCUT2D eigenvalue weighted by Gasteiger charge is 2.11. The lowest BCUT2D eigenvalue weighted by Gasteiger charge is -2.06. The van der Waals surface area contributed by atoms with Gasteiger partial charge in [0.1, 0.15) is 5.75 Å². The monoisotopic (exact) mass is 343 g/mol. The number of aryl methyl sites for hydroxylation is 1. The molecule has 1 amide bonds. The molecule has 0 radical (unpaired) electrons. The van der Waals surface area contributed by atoms with Crippen LogP contribution < -0.4 is 5.32 Å². The van der Waals surface area contributed by atoms with E-state index in [4.69, 9.17) is 0 Å². The van der Waals surface area contributed by atoms with Gasteiger partial charge in [-0.25, -0.2) is 8.78 Å². The third kappa shape index (κ3) is 4.71. The average Bonchev–Trinajstić information content (AvgIpc) is 2.86. The highest BCUT2D eigenvalue weighted by molar-refractivity contribution is 7.84. The van der Waals surface area contributed by atoms with E-state index in [0.717, 1.165) is 22.6 Å². The molecule has 0 bridgehead atoms. The van der Waals surface area contributed by atoms with E-state index < -0.39 is 22.4 Å². The summed E-state index contributed by atoms with van der Waals surface area (Å²) in [4.78, 5) is 12.8. The van der Waals surface area contributed by atoms with Crippen LogP contribution >= 0.6 is 11.3 Å². The molecule has 3 nitrogen and oxygen atoms in total. The standard InChI is InChI=1S/C15H15F2NO2S2/c1-10-4-5-21-14(10)7-18-15(19)9-22(20)8-11-2-3-12(16)13(17)6-11/h2-6H,7-9H2,1H3,(H,18,19)/t22-/m1/s1. The van der Waals surface area contributed by atoms with Crippen LogP contribution in [0.1, 0.15) is 16.0 Å². The zero-order chi connectivity index (χ0) is 16.1. The predicted molar refractivity (Wildman–Crippen MR) is 84.0 cm³/mol. The summed E-state index contributed by atoms with van der Waals surface area (Å²) in [6.07, 6.45) is 0. The summed E-state index contributed by atoms with van der Waals surface area (Å²) in [6.45, 7) is 2.37. The third-order valence-corrected chi connectivity index (χ3v) is 5.28. The van der Waals surface area contributed by atoms with Gasteiger partial charge in [-0.2, -0.15) is 0 Å². The Labute approximate surface area is 133 Å². The quantitative estimate of drug-likeness (QED) is 0.877. The normalized spacial score (nSPS) is 12.1. The van der Waals surface area contributed by atoms with Crippen LogP contribution in [0.5, 0.6) is 0 Å². The molecule has 0 saturated heterocycles. The van der Waals surface area contributed by atoms with Gasteiger partial charge in [-0.3, -0.25) is 9.00 Å². The molecule has 2 rings (SSSR count). The minimum Gasteiger partial charge on any atom is -0.350 e. The molecular weight excluding hydrogens is 328 g/mol. The number of hydrogen-bond donors (Lipinski definition) is 1. The number of rotatable bonds is 6. The fourth-order valence-electron chi connectivity index (χ4n) is 1.83. The molecule has 1 N–H and O–H groups in total. The van der Waals surface area contributed by atoms with Gasteiger partial charge in [0.15, 0.2) is 11.6 Å². The van der Waals surface area contributed by atoms with Crippen molar-refractivity contribution in [3.63, 3.8) is 0 Å². The number of thiophene rings is 1. The maximum atomic E-state index is 13.1. The van der Waals surface area contributed by atoms with E-state index in [9.17, 15) is 17.8 Å². The zero-order valence-electron chi connectivity index (χ0n) is 11.9. The van der Waals surface area contributed by atoms with Gasteiger partial charge in [-0.05, 0) is 41.6 Å². The molecule has 0 saturated carbocycles. The molecule has 1 heterocycles. The van der Waals surface area contributed by atoms with Gasteiger partial charge in [0.25, 0.3) is 0 Å². The van der Waals surface area contributed by atoms with Crippen molar-refractivity contribution in [2.75, 3.05) is 5.75 Å². The summed E-state index contributed by atoms with van der Waals surface area (Å²) < 4.78 is 37.7. The summed E-state index contributed by atoms with van der Waals surface area (Å²) in [5.41, 5.74) is 1.51. The molecule has 1 aromatic heterocycles. The van der Waals surface area contributed by atoms with Gasteiger partial charge in [0, 0.05) is 21.4 Å². The molecular formula is C15H15F2NO2S2. The van der Waals surface area contributed by atoms with Crippen molar-refractivity contribution in [3.05, 3.63) is 57.3 Å². The first-order chi connectivity index (χ1) is 10.5. The number of carbonyl (C=O) groups is 1. The molecule has 7 heteroatoms. The second-order valence-electron chi connectivity index (χ2n) is 4.78. The van der Waals surface area contributed by atoms with Crippen molar-refractivity contribution in [1.82, 2.24) is 5.32 Å². The molecule has 0 aliphatic heterocycles. The summed E-state index contributed by atoms with van der Waals surface area (Å²) in [5.74, 6) is -2.40. The van der Waals surface area contributed by atoms with Crippen LogP contribution in [0.2, 0.25) is 0 Å². The van der Waals surface area contributed by atoms with E-state index >= 15 is 0 Å². The van der Waals surface area contributed by atoms with Gasteiger partial charge < -0.3 is 5.32 Å². The Morgan fingerprint density at radius 1 is 1.27 bits per heavy atom. The minimum atomic E-state index is -1.47. The van der Waals surface area contributed by atoms with Crippen LogP contribution in [0, 0.1) is 18.6 Å². The molecule has 1 aromatic carbocycles. The maximum absolute atomic E-state index is 13.1. The van der Waals surface area contributed by atoms with E-state index in [0.29, 0.717) is 12.1 Å². The first kappa shape index (κ1) is 16.8. The third-order valence-electron chi connectivity index (χ3n) is 3.02. The number of carbonyl (C=O) groups excluding carboxylic acids is 1. The van der Waals surface area contributed by atoms with Crippen LogP contribution in [0.15, 0.2) is 29.6 Å². The van der Waals surface area contributed by atoms with Crippen molar-refractivity contribution >= 4 is 28.0 Å². The highest BCUT2D eigenvalue weighted by atomic mass is 32.2. The van der Waals surface area contributed by atoms with Crippen molar-refractivity contribution < 1.29 is 17.8 Å². The SMILES string of the molecule is Cc1ccsc1CNC(=O)C[S@](=O)Cc1ccc(F)c(F)c1. The van der Waals surface area contributed by atoms with Gasteiger partial charge in [0.2, 0.25) is 5.91 Å². The summed E-state index contributed by atoms with van der Waals surface area (Å²) in [5, 5.41) is 4.65. The van der Waals surface area contributed by atoms with Crippen molar-refractivity contribution in [2.24, 2.45) is 0 Å². The lowest BCUT2D eigenvalue weighted by Crippen LogP contribution is -2.28. The molecule has 0 aliphatic carbocycles. The molecule has 0 unspecified atom stereocenters. The van der Waals surface area contributed by atoms with E-state index in [1.165, 1.54) is 6.07 Å².